The third kappa shape index (κ3) is 3.77. The van der Waals surface area contributed by atoms with Crippen molar-refractivity contribution in [3.05, 3.63) is 35.1 Å². The SMILES string of the molecule is CCC(CC)(CO)CNC(=O)c1cc(C)ccc1F. The van der Waals surface area contributed by atoms with Crippen LogP contribution >= 0.6 is 0 Å². The minimum atomic E-state index is -0.523. The maximum Gasteiger partial charge on any atom is 0.254 e. The van der Waals surface area contributed by atoms with E-state index in [1.165, 1.54) is 12.1 Å². The van der Waals surface area contributed by atoms with Gasteiger partial charge in [0.05, 0.1) is 12.2 Å². The van der Waals surface area contributed by atoms with E-state index in [1.807, 2.05) is 20.8 Å². The molecule has 19 heavy (non-hydrogen) atoms. The van der Waals surface area contributed by atoms with Gasteiger partial charge in [0.25, 0.3) is 5.91 Å². The Hall–Kier alpha value is -1.42. The highest BCUT2D eigenvalue weighted by atomic mass is 19.1. The van der Waals surface area contributed by atoms with E-state index in [0.29, 0.717) is 6.54 Å². The molecule has 0 heterocycles. The van der Waals surface area contributed by atoms with Crippen LogP contribution in [0, 0.1) is 18.2 Å². The third-order valence-electron chi connectivity index (χ3n) is 3.83. The number of hydrogen-bond donors (Lipinski definition) is 2. The first kappa shape index (κ1) is 15.6. The van der Waals surface area contributed by atoms with Gasteiger partial charge in [0.1, 0.15) is 5.82 Å². The molecule has 0 fully saturated rings. The number of nitrogens with one attached hydrogen (secondary N) is 1. The van der Waals surface area contributed by atoms with Gasteiger partial charge >= 0.3 is 0 Å². The predicted molar refractivity (Wildman–Crippen MR) is 73.6 cm³/mol. The highest BCUT2D eigenvalue weighted by Crippen LogP contribution is 2.24. The van der Waals surface area contributed by atoms with Crippen molar-refractivity contribution >= 4 is 5.91 Å². The molecule has 0 radical (unpaired) electrons. The second-order valence-electron chi connectivity index (χ2n) is 5.03. The maximum atomic E-state index is 13.6. The first-order valence-electron chi connectivity index (χ1n) is 6.63. The zero-order valence-corrected chi connectivity index (χ0v) is 11.8. The molecule has 0 unspecified atom stereocenters. The Balaban J connectivity index is 2.77. The van der Waals surface area contributed by atoms with Crippen LogP contribution in [-0.4, -0.2) is 24.2 Å². The number of benzene rings is 1. The van der Waals surface area contributed by atoms with E-state index in [-0.39, 0.29) is 17.6 Å². The molecule has 3 nitrogen and oxygen atoms in total. The highest BCUT2D eigenvalue weighted by molar-refractivity contribution is 5.94. The molecule has 0 aromatic heterocycles. The first-order chi connectivity index (χ1) is 8.98. The third-order valence-corrected chi connectivity index (χ3v) is 3.83. The fourth-order valence-corrected chi connectivity index (χ4v) is 1.96. The number of aliphatic hydroxyl groups excluding tert-OH is 1. The average molecular weight is 267 g/mol. The number of amides is 1. The van der Waals surface area contributed by atoms with Gasteiger partial charge in [-0.3, -0.25) is 4.79 Å². The van der Waals surface area contributed by atoms with Crippen LogP contribution in [0.1, 0.15) is 42.6 Å². The lowest BCUT2D eigenvalue weighted by Gasteiger charge is -2.29. The Kier molecular flexibility index (Phi) is 5.48. The van der Waals surface area contributed by atoms with Crippen LogP contribution in [0.3, 0.4) is 0 Å². The fourth-order valence-electron chi connectivity index (χ4n) is 1.96. The van der Waals surface area contributed by atoms with Crippen molar-refractivity contribution in [1.82, 2.24) is 5.32 Å². The predicted octanol–water partition coefficient (Wildman–Crippen LogP) is 2.66. The highest BCUT2D eigenvalue weighted by Gasteiger charge is 2.26. The number of aryl methyl sites for hydroxylation is 1. The summed E-state index contributed by atoms with van der Waals surface area (Å²) in [6.07, 6.45) is 1.52. The van der Waals surface area contributed by atoms with Gasteiger partial charge in [-0.1, -0.05) is 25.5 Å². The Morgan fingerprint density at radius 2 is 2.00 bits per heavy atom. The van der Waals surface area contributed by atoms with Gasteiger partial charge in [0.15, 0.2) is 0 Å². The quantitative estimate of drug-likeness (QED) is 0.832. The lowest BCUT2D eigenvalue weighted by Crippen LogP contribution is -2.39. The van der Waals surface area contributed by atoms with Gasteiger partial charge in [-0.25, -0.2) is 4.39 Å². The normalized spacial score (nSPS) is 11.4. The summed E-state index contributed by atoms with van der Waals surface area (Å²) in [7, 11) is 0. The number of aliphatic hydroxyl groups is 1. The summed E-state index contributed by atoms with van der Waals surface area (Å²) in [5, 5.41) is 12.2. The topological polar surface area (TPSA) is 49.3 Å². The van der Waals surface area contributed by atoms with Crippen molar-refractivity contribution < 1.29 is 14.3 Å². The first-order valence-corrected chi connectivity index (χ1v) is 6.63. The van der Waals surface area contributed by atoms with Crippen LogP contribution in [0.25, 0.3) is 0 Å². The minimum absolute atomic E-state index is 0.0105. The van der Waals surface area contributed by atoms with Gasteiger partial charge in [-0.2, -0.15) is 0 Å². The molecular weight excluding hydrogens is 245 g/mol. The van der Waals surface area contributed by atoms with Gasteiger partial charge in [0.2, 0.25) is 0 Å². The Morgan fingerprint density at radius 3 is 2.53 bits per heavy atom. The molecule has 1 aromatic carbocycles. The summed E-state index contributed by atoms with van der Waals surface area (Å²) in [6.45, 7) is 6.11. The zero-order chi connectivity index (χ0) is 14.5. The molecule has 0 saturated heterocycles. The number of rotatable bonds is 6. The van der Waals surface area contributed by atoms with E-state index in [9.17, 15) is 14.3 Å². The second-order valence-corrected chi connectivity index (χ2v) is 5.03. The van der Waals surface area contributed by atoms with Crippen LogP contribution in [0.5, 0.6) is 0 Å². The van der Waals surface area contributed by atoms with Crippen molar-refractivity contribution in [3.8, 4) is 0 Å². The zero-order valence-electron chi connectivity index (χ0n) is 11.8. The van der Waals surface area contributed by atoms with E-state index >= 15 is 0 Å². The van der Waals surface area contributed by atoms with Crippen LogP contribution in [0.2, 0.25) is 0 Å². The number of halogens is 1. The van der Waals surface area contributed by atoms with E-state index in [4.69, 9.17) is 0 Å². The second kappa shape index (κ2) is 6.66. The Morgan fingerprint density at radius 1 is 1.37 bits per heavy atom. The fraction of sp³-hybridized carbons (Fsp3) is 0.533. The molecular formula is C15H22FNO2. The van der Waals surface area contributed by atoms with Crippen LogP contribution in [0.4, 0.5) is 4.39 Å². The molecule has 4 heteroatoms. The maximum absolute atomic E-state index is 13.6. The Labute approximate surface area is 113 Å². The van der Waals surface area contributed by atoms with E-state index in [1.54, 1.807) is 6.07 Å². The molecule has 1 rings (SSSR count). The summed E-state index contributed by atoms with van der Waals surface area (Å²) >= 11 is 0. The van der Waals surface area contributed by atoms with E-state index < -0.39 is 11.7 Å². The molecule has 0 atom stereocenters. The van der Waals surface area contributed by atoms with Crippen molar-refractivity contribution in [1.29, 1.82) is 0 Å². The molecule has 0 aliphatic carbocycles. The minimum Gasteiger partial charge on any atom is -0.396 e. The molecule has 1 aromatic rings. The van der Waals surface area contributed by atoms with Gasteiger partial charge in [-0.15, -0.1) is 0 Å². The molecule has 2 N–H and O–H groups in total. The van der Waals surface area contributed by atoms with E-state index in [0.717, 1.165) is 18.4 Å². The van der Waals surface area contributed by atoms with Crippen molar-refractivity contribution in [2.24, 2.45) is 5.41 Å². The molecule has 0 aliphatic rings. The van der Waals surface area contributed by atoms with Gasteiger partial charge < -0.3 is 10.4 Å². The van der Waals surface area contributed by atoms with Gasteiger partial charge in [0, 0.05) is 12.0 Å². The van der Waals surface area contributed by atoms with Crippen molar-refractivity contribution in [3.63, 3.8) is 0 Å². The summed E-state index contributed by atoms with van der Waals surface area (Å²) in [5.74, 6) is -0.952. The largest absolute Gasteiger partial charge is 0.396 e. The molecule has 0 bridgehead atoms. The average Bonchev–Trinajstić information content (AvgIpc) is 2.43. The lowest BCUT2D eigenvalue weighted by molar-refractivity contribution is 0.0847. The van der Waals surface area contributed by atoms with Crippen LogP contribution < -0.4 is 5.32 Å². The number of carbonyl (C=O) groups is 1. The molecule has 106 valence electrons. The standard InChI is InChI=1S/C15H22FNO2/c1-4-15(5-2,10-18)9-17-14(19)12-8-11(3)6-7-13(12)16/h6-8,18H,4-5,9-10H2,1-3H3,(H,17,19). The molecule has 0 saturated carbocycles. The summed E-state index contributed by atoms with van der Waals surface area (Å²) in [5.41, 5.74) is 0.570. The summed E-state index contributed by atoms with van der Waals surface area (Å²) in [6, 6.07) is 4.45. The summed E-state index contributed by atoms with van der Waals surface area (Å²) < 4.78 is 13.6. The lowest BCUT2D eigenvalue weighted by atomic mass is 9.83. The van der Waals surface area contributed by atoms with Crippen molar-refractivity contribution in [2.75, 3.05) is 13.2 Å². The number of hydrogen-bond acceptors (Lipinski definition) is 2. The van der Waals surface area contributed by atoms with Crippen LogP contribution in [-0.2, 0) is 0 Å². The number of carbonyl (C=O) groups excluding carboxylic acids is 1. The monoisotopic (exact) mass is 267 g/mol. The van der Waals surface area contributed by atoms with Crippen molar-refractivity contribution in [2.45, 2.75) is 33.6 Å². The molecule has 0 aliphatic heterocycles. The smallest absolute Gasteiger partial charge is 0.254 e. The Bertz CT molecular complexity index is 434. The van der Waals surface area contributed by atoms with Crippen LogP contribution in [0.15, 0.2) is 18.2 Å². The van der Waals surface area contributed by atoms with E-state index in [2.05, 4.69) is 5.32 Å². The summed E-state index contributed by atoms with van der Waals surface area (Å²) in [4.78, 5) is 12.0. The molecule has 1 amide bonds. The molecule has 0 spiro atoms. The van der Waals surface area contributed by atoms with Gasteiger partial charge in [-0.05, 0) is 31.9 Å².